The molecule has 1 aliphatic rings. The molecule has 1 saturated carbocycles. The van der Waals surface area contributed by atoms with E-state index in [0.29, 0.717) is 6.04 Å². The Kier molecular flexibility index (Phi) is 5.53. The van der Waals surface area contributed by atoms with Crippen molar-refractivity contribution in [2.24, 2.45) is 0 Å². The number of carbonyl (C=O) groups excluding carboxylic acids is 1. The summed E-state index contributed by atoms with van der Waals surface area (Å²) in [6.45, 7) is 2.03. The highest BCUT2D eigenvalue weighted by Crippen LogP contribution is 2.25. The van der Waals surface area contributed by atoms with Crippen LogP contribution in [0.1, 0.15) is 54.4 Å². The number of amides is 1. The van der Waals surface area contributed by atoms with Crippen LogP contribution >= 0.6 is 11.8 Å². The van der Waals surface area contributed by atoms with Crippen LogP contribution in [-0.2, 0) is 0 Å². The van der Waals surface area contributed by atoms with Crippen molar-refractivity contribution in [2.45, 2.75) is 56.4 Å². The second-order valence-electron chi connectivity index (χ2n) is 5.74. The van der Waals surface area contributed by atoms with E-state index in [1.54, 1.807) is 11.8 Å². The maximum absolute atomic E-state index is 12.8. The van der Waals surface area contributed by atoms with Crippen molar-refractivity contribution in [1.29, 1.82) is 0 Å². The van der Waals surface area contributed by atoms with Gasteiger partial charge in [-0.05, 0) is 43.7 Å². The van der Waals surface area contributed by atoms with E-state index in [0.717, 1.165) is 28.9 Å². The summed E-state index contributed by atoms with van der Waals surface area (Å²) in [5.41, 5.74) is 1.94. The summed E-state index contributed by atoms with van der Waals surface area (Å²) in [6.07, 6.45) is 9.51. The third kappa shape index (κ3) is 3.57. The smallest absolute Gasteiger partial charge is 0.254 e. The molecular weight excluding hydrogens is 266 g/mol. The monoisotopic (exact) mass is 291 g/mol. The SMILES string of the molecule is CSc1ccc(C)c(C(=O)N(C)C2CCCCCC2)c1. The molecular formula is C17H25NOS. The molecule has 0 aromatic heterocycles. The van der Waals surface area contributed by atoms with Crippen LogP contribution in [0, 0.1) is 6.92 Å². The number of carbonyl (C=O) groups is 1. The van der Waals surface area contributed by atoms with E-state index >= 15 is 0 Å². The molecule has 2 nitrogen and oxygen atoms in total. The van der Waals surface area contributed by atoms with Gasteiger partial charge < -0.3 is 4.90 Å². The molecule has 0 unspecified atom stereocenters. The van der Waals surface area contributed by atoms with Crippen LogP contribution < -0.4 is 0 Å². The fraction of sp³-hybridized carbons (Fsp3) is 0.588. The lowest BCUT2D eigenvalue weighted by Crippen LogP contribution is -2.37. The van der Waals surface area contributed by atoms with Gasteiger partial charge in [-0.1, -0.05) is 31.7 Å². The first kappa shape index (κ1) is 15.4. The van der Waals surface area contributed by atoms with Gasteiger partial charge in [0.05, 0.1) is 0 Å². The second-order valence-corrected chi connectivity index (χ2v) is 6.62. The first-order valence-corrected chi connectivity index (χ1v) is 8.77. The lowest BCUT2D eigenvalue weighted by molar-refractivity contribution is 0.0716. The predicted octanol–water partition coefficient (Wildman–Crippen LogP) is 4.51. The maximum atomic E-state index is 12.8. The molecule has 110 valence electrons. The van der Waals surface area contributed by atoms with Gasteiger partial charge in [-0.2, -0.15) is 0 Å². The number of benzene rings is 1. The fourth-order valence-corrected chi connectivity index (χ4v) is 3.40. The Labute approximate surface area is 126 Å². The Morgan fingerprint density at radius 3 is 2.45 bits per heavy atom. The van der Waals surface area contributed by atoms with E-state index in [1.165, 1.54) is 25.7 Å². The van der Waals surface area contributed by atoms with E-state index in [2.05, 4.69) is 12.1 Å². The van der Waals surface area contributed by atoms with E-state index in [-0.39, 0.29) is 5.91 Å². The molecule has 1 aromatic rings. The molecule has 20 heavy (non-hydrogen) atoms. The molecule has 0 saturated heterocycles. The third-order valence-electron chi connectivity index (χ3n) is 4.37. The zero-order valence-electron chi connectivity index (χ0n) is 12.8. The predicted molar refractivity (Wildman–Crippen MR) is 86.5 cm³/mol. The average Bonchev–Trinajstić information content (AvgIpc) is 2.75. The van der Waals surface area contributed by atoms with Crippen molar-refractivity contribution < 1.29 is 4.79 Å². The Balaban J connectivity index is 2.16. The molecule has 0 N–H and O–H groups in total. The molecule has 1 aromatic carbocycles. The van der Waals surface area contributed by atoms with Crippen molar-refractivity contribution in [2.75, 3.05) is 13.3 Å². The maximum Gasteiger partial charge on any atom is 0.254 e. The van der Waals surface area contributed by atoms with Gasteiger partial charge in [-0.3, -0.25) is 4.79 Å². The standard InChI is InChI=1S/C17H25NOS/c1-13-10-11-15(20-3)12-16(13)17(19)18(2)14-8-6-4-5-7-9-14/h10-12,14H,4-9H2,1-3H3. The van der Waals surface area contributed by atoms with Crippen LogP contribution in [0.15, 0.2) is 23.1 Å². The summed E-state index contributed by atoms with van der Waals surface area (Å²) in [5, 5.41) is 0. The first-order valence-electron chi connectivity index (χ1n) is 7.55. The highest BCUT2D eigenvalue weighted by atomic mass is 32.2. The van der Waals surface area contributed by atoms with Crippen LogP contribution in [-0.4, -0.2) is 30.2 Å². The van der Waals surface area contributed by atoms with E-state index in [1.807, 2.05) is 31.2 Å². The second kappa shape index (κ2) is 7.16. The van der Waals surface area contributed by atoms with E-state index < -0.39 is 0 Å². The minimum absolute atomic E-state index is 0.185. The zero-order valence-corrected chi connectivity index (χ0v) is 13.6. The number of thioether (sulfide) groups is 1. The normalized spacial score (nSPS) is 16.8. The Bertz CT molecular complexity index is 464. The minimum Gasteiger partial charge on any atom is -0.339 e. The molecule has 3 heteroatoms. The Morgan fingerprint density at radius 2 is 1.85 bits per heavy atom. The van der Waals surface area contributed by atoms with Gasteiger partial charge in [0.2, 0.25) is 0 Å². The topological polar surface area (TPSA) is 20.3 Å². The molecule has 0 bridgehead atoms. The molecule has 0 radical (unpaired) electrons. The van der Waals surface area contributed by atoms with Gasteiger partial charge in [0.15, 0.2) is 0 Å². The number of hydrogen-bond donors (Lipinski definition) is 0. The number of nitrogens with zero attached hydrogens (tertiary/aromatic N) is 1. The van der Waals surface area contributed by atoms with Gasteiger partial charge in [0.1, 0.15) is 0 Å². The minimum atomic E-state index is 0.185. The van der Waals surface area contributed by atoms with E-state index in [4.69, 9.17) is 0 Å². The van der Waals surface area contributed by atoms with Gasteiger partial charge in [0, 0.05) is 23.5 Å². The molecule has 0 aliphatic heterocycles. The van der Waals surface area contributed by atoms with Gasteiger partial charge >= 0.3 is 0 Å². The van der Waals surface area contributed by atoms with Crippen LogP contribution in [0.5, 0.6) is 0 Å². The van der Waals surface area contributed by atoms with Gasteiger partial charge in [-0.25, -0.2) is 0 Å². The van der Waals surface area contributed by atoms with Crippen molar-refractivity contribution >= 4 is 17.7 Å². The molecule has 0 heterocycles. The molecule has 1 aliphatic carbocycles. The number of aryl methyl sites for hydroxylation is 1. The van der Waals surface area contributed by atoms with Crippen LogP contribution in [0.2, 0.25) is 0 Å². The first-order chi connectivity index (χ1) is 9.63. The number of hydrogen-bond acceptors (Lipinski definition) is 2. The van der Waals surface area contributed by atoms with Gasteiger partial charge in [-0.15, -0.1) is 11.8 Å². The summed E-state index contributed by atoms with van der Waals surface area (Å²) in [7, 11) is 1.98. The zero-order chi connectivity index (χ0) is 14.5. The van der Waals surface area contributed by atoms with Gasteiger partial charge in [0.25, 0.3) is 5.91 Å². The molecule has 1 fully saturated rings. The number of rotatable bonds is 3. The quantitative estimate of drug-likeness (QED) is 0.603. The van der Waals surface area contributed by atoms with Crippen molar-refractivity contribution in [3.8, 4) is 0 Å². The summed E-state index contributed by atoms with van der Waals surface area (Å²) < 4.78 is 0. The van der Waals surface area contributed by atoms with E-state index in [9.17, 15) is 4.79 Å². The average molecular weight is 291 g/mol. The largest absolute Gasteiger partial charge is 0.339 e. The third-order valence-corrected chi connectivity index (χ3v) is 5.09. The lowest BCUT2D eigenvalue weighted by Gasteiger charge is -2.28. The van der Waals surface area contributed by atoms with Crippen LogP contribution in [0.4, 0.5) is 0 Å². The lowest BCUT2D eigenvalue weighted by atomic mass is 10.0. The summed E-state index contributed by atoms with van der Waals surface area (Å²) >= 11 is 1.69. The van der Waals surface area contributed by atoms with Crippen molar-refractivity contribution in [3.63, 3.8) is 0 Å². The summed E-state index contributed by atoms with van der Waals surface area (Å²) in [6, 6.07) is 6.60. The summed E-state index contributed by atoms with van der Waals surface area (Å²) in [4.78, 5) is 15.9. The molecule has 0 atom stereocenters. The van der Waals surface area contributed by atoms with Crippen LogP contribution in [0.25, 0.3) is 0 Å². The van der Waals surface area contributed by atoms with Crippen LogP contribution in [0.3, 0.4) is 0 Å². The molecule has 1 amide bonds. The Hall–Kier alpha value is -0.960. The van der Waals surface area contributed by atoms with Crippen molar-refractivity contribution in [3.05, 3.63) is 29.3 Å². The van der Waals surface area contributed by atoms with Crippen molar-refractivity contribution in [1.82, 2.24) is 4.90 Å². The molecule has 2 rings (SSSR count). The Morgan fingerprint density at radius 1 is 1.20 bits per heavy atom. The molecule has 0 spiro atoms. The fourth-order valence-electron chi connectivity index (χ4n) is 2.96. The highest BCUT2D eigenvalue weighted by molar-refractivity contribution is 7.98. The highest BCUT2D eigenvalue weighted by Gasteiger charge is 2.23. The summed E-state index contributed by atoms with van der Waals surface area (Å²) in [5.74, 6) is 0.185.